The van der Waals surface area contributed by atoms with Crippen molar-refractivity contribution in [3.8, 4) is 5.75 Å². The normalized spacial score (nSPS) is 37.1. The molecule has 5 rings (SSSR count). The van der Waals surface area contributed by atoms with E-state index in [9.17, 15) is 19.5 Å². The van der Waals surface area contributed by atoms with E-state index in [0.29, 0.717) is 29.5 Å². The number of phenolic OH excluding ortho intramolecular Hbond substituents is 1. The summed E-state index contributed by atoms with van der Waals surface area (Å²) in [5, 5.41) is 12.5. The highest BCUT2D eigenvalue weighted by molar-refractivity contribution is 5.87. The number of fused-ring (bicyclic) bond motifs is 5. The molecule has 4 saturated carbocycles. The largest absolute Gasteiger partial charge is 0.508 e. The predicted octanol–water partition coefficient (Wildman–Crippen LogP) is 5.56. The molecule has 0 spiro atoms. The molecule has 1 aromatic carbocycles. The van der Waals surface area contributed by atoms with Gasteiger partial charge in [0.2, 0.25) is 5.91 Å². The van der Waals surface area contributed by atoms with Crippen LogP contribution in [0.15, 0.2) is 24.3 Å². The number of aromatic hydroxyl groups is 1. The zero-order chi connectivity index (χ0) is 30.4. The summed E-state index contributed by atoms with van der Waals surface area (Å²) in [5.74, 6) is 2.47. The molecule has 0 aliphatic heterocycles. The van der Waals surface area contributed by atoms with E-state index in [1.54, 1.807) is 31.2 Å². The number of nitrogens with one attached hydrogen (secondary N) is 1. The van der Waals surface area contributed by atoms with Gasteiger partial charge in [-0.25, -0.2) is 4.79 Å². The number of phenols is 1. The maximum atomic E-state index is 13.6. The second-order valence-corrected chi connectivity index (χ2v) is 15.0. The van der Waals surface area contributed by atoms with E-state index >= 15 is 0 Å². The third-order valence-corrected chi connectivity index (χ3v) is 12.4. The summed E-state index contributed by atoms with van der Waals surface area (Å²) in [7, 11) is 0. The van der Waals surface area contributed by atoms with Gasteiger partial charge < -0.3 is 20.9 Å². The van der Waals surface area contributed by atoms with E-state index in [1.165, 1.54) is 19.3 Å². The van der Waals surface area contributed by atoms with Crippen molar-refractivity contribution in [2.75, 3.05) is 0 Å². The van der Waals surface area contributed by atoms with Gasteiger partial charge in [0, 0.05) is 12.3 Å². The van der Waals surface area contributed by atoms with Gasteiger partial charge in [-0.15, -0.1) is 0 Å². The van der Waals surface area contributed by atoms with Gasteiger partial charge in [0.1, 0.15) is 23.7 Å². The Morgan fingerprint density at radius 2 is 1.64 bits per heavy atom. The van der Waals surface area contributed by atoms with E-state index in [0.717, 1.165) is 44.1 Å². The predicted molar refractivity (Wildman–Crippen MR) is 162 cm³/mol. The molecule has 0 saturated heterocycles. The van der Waals surface area contributed by atoms with Crippen molar-refractivity contribution in [2.24, 2.45) is 52.1 Å². The lowest BCUT2D eigenvalue weighted by atomic mass is 9.44. The van der Waals surface area contributed by atoms with Gasteiger partial charge in [0.05, 0.1) is 6.04 Å². The number of hydrogen-bond acceptors (Lipinski definition) is 6. The zero-order valence-electron chi connectivity index (χ0n) is 26.2. The molecule has 4 aliphatic carbocycles. The Balaban J connectivity index is 1.25. The van der Waals surface area contributed by atoms with Gasteiger partial charge in [0.15, 0.2) is 0 Å². The van der Waals surface area contributed by atoms with Gasteiger partial charge in [-0.2, -0.15) is 0 Å². The first kappa shape index (κ1) is 31.0. The Morgan fingerprint density at radius 1 is 0.976 bits per heavy atom. The number of esters is 1. The fourth-order valence-corrected chi connectivity index (χ4v) is 9.87. The molecule has 10 atom stereocenters. The monoisotopic (exact) mass is 580 g/mol. The maximum Gasteiger partial charge on any atom is 0.329 e. The SMILES string of the molecule is CC(=O)[C@H]1CC[C@H]2[C@@H]3CC[C@H]4C[C@H](OC(=O)[C@H](Cc5ccc(O)cc5)NC(=O)[C@@H](N)C(C)C)CC[C@]4(C)[C@H]3CC[C@]12C. The Bertz CT molecular complexity index is 1170. The minimum atomic E-state index is -0.844. The first-order valence-corrected chi connectivity index (χ1v) is 16.4. The molecule has 0 aromatic heterocycles. The van der Waals surface area contributed by atoms with Crippen molar-refractivity contribution in [1.29, 1.82) is 0 Å². The molecule has 7 heteroatoms. The van der Waals surface area contributed by atoms with Crippen LogP contribution in [0.25, 0.3) is 0 Å². The number of Topliss-reactive ketones (excluding diaryl/α,β-unsaturated/α-hetero) is 1. The van der Waals surface area contributed by atoms with E-state index in [2.05, 4.69) is 19.2 Å². The topological polar surface area (TPSA) is 119 Å². The van der Waals surface area contributed by atoms with Crippen LogP contribution >= 0.6 is 0 Å². The lowest BCUT2D eigenvalue weighted by molar-refractivity contribution is -0.165. The highest BCUT2D eigenvalue weighted by Crippen LogP contribution is 2.67. The average Bonchev–Trinajstić information content (AvgIpc) is 3.31. The molecule has 7 nitrogen and oxygen atoms in total. The minimum absolute atomic E-state index is 0.0586. The van der Waals surface area contributed by atoms with Crippen LogP contribution in [0.2, 0.25) is 0 Å². The van der Waals surface area contributed by atoms with E-state index in [4.69, 9.17) is 10.5 Å². The molecule has 1 aromatic rings. The summed E-state index contributed by atoms with van der Waals surface area (Å²) < 4.78 is 6.17. The fourth-order valence-electron chi connectivity index (χ4n) is 9.87. The molecule has 4 fully saturated rings. The first-order valence-electron chi connectivity index (χ1n) is 16.4. The summed E-state index contributed by atoms with van der Waals surface area (Å²) in [6, 6.07) is 5.12. The Hall–Kier alpha value is -2.41. The number of benzene rings is 1. The van der Waals surface area contributed by atoms with Crippen LogP contribution in [-0.2, 0) is 25.5 Å². The number of carbonyl (C=O) groups is 3. The van der Waals surface area contributed by atoms with Gasteiger partial charge in [-0.1, -0.05) is 39.8 Å². The summed E-state index contributed by atoms with van der Waals surface area (Å²) in [6.45, 7) is 10.5. The minimum Gasteiger partial charge on any atom is -0.508 e. The van der Waals surface area contributed by atoms with Gasteiger partial charge in [-0.3, -0.25) is 9.59 Å². The number of amides is 1. The van der Waals surface area contributed by atoms with Crippen molar-refractivity contribution in [3.05, 3.63) is 29.8 Å². The molecule has 42 heavy (non-hydrogen) atoms. The summed E-state index contributed by atoms with van der Waals surface area (Å²) in [6.07, 6.45) is 9.84. The Labute approximate surface area is 251 Å². The molecular weight excluding hydrogens is 528 g/mol. The van der Waals surface area contributed by atoms with E-state index in [1.807, 2.05) is 13.8 Å². The number of nitrogens with two attached hydrogens (primary N) is 1. The maximum absolute atomic E-state index is 13.6. The molecule has 4 N–H and O–H groups in total. The number of carbonyl (C=O) groups excluding carboxylic acids is 3. The van der Waals surface area contributed by atoms with Crippen LogP contribution < -0.4 is 11.1 Å². The fraction of sp³-hybridized carbons (Fsp3) is 0.743. The molecule has 0 radical (unpaired) electrons. The van der Waals surface area contributed by atoms with Gasteiger partial charge >= 0.3 is 5.97 Å². The summed E-state index contributed by atoms with van der Waals surface area (Å²) >= 11 is 0. The van der Waals surface area contributed by atoms with E-state index in [-0.39, 0.29) is 46.8 Å². The van der Waals surface area contributed by atoms with Crippen LogP contribution in [0, 0.1) is 46.3 Å². The van der Waals surface area contributed by atoms with Crippen molar-refractivity contribution in [3.63, 3.8) is 0 Å². The van der Waals surface area contributed by atoms with E-state index < -0.39 is 18.1 Å². The lowest BCUT2D eigenvalue weighted by Gasteiger charge is -2.61. The van der Waals surface area contributed by atoms with Crippen molar-refractivity contribution in [1.82, 2.24) is 5.32 Å². The second-order valence-electron chi connectivity index (χ2n) is 15.0. The number of hydrogen-bond donors (Lipinski definition) is 3. The molecule has 232 valence electrons. The highest BCUT2D eigenvalue weighted by atomic mass is 16.5. The molecule has 1 amide bonds. The molecule has 4 aliphatic rings. The number of rotatable bonds is 8. The van der Waals surface area contributed by atoms with Crippen LogP contribution in [0.1, 0.15) is 98.0 Å². The van der Waals surface area contributed by atoms with Crippen molar-refractivity contribution >= 4 is 17.7 Å². The Kier molecular flexibility index (Phi) is 8.82. The smallest absolute Gasteiger partial charge is 0.329 e. The molecule has 0 heterocycles. The first-order chi connectivity index (χ1) is 19.8. The Morgan fingerprint density at radius 3 is 2.31 bits per heavy atom. The van der Waals surface area contributed by atoms with Gasteiger partial charge in [-0.05, 0) is 123 Å². The zero-order valence-corrected chi connectivity index (χ0v) is 26.2. The van der Waals surface area contributed by atoms with Gasteiger partial charge in [0.25, 0.3) is 0 Å². The van der Waals surface area contributed by atoms with Crippen molar-refractivity contribution in [2.45, 2.75) is 117 Å². The molecule has 0 bridgehead atoms. The standard InChI is InChI=1S/C35H52N2O5/c1-20(2)31(36)32(40)37-30(18-22-6-9-24(39)10-7-22)33(41)42-25-14-16-34(4)23(19-25)8-11-26-28-13-12-27(21(3)38)35(28,5)17-15-29(26)34/h6-7,9-10,20,23,25-31,39H,8,11-19,36H2,1-5H3,(H,37,40)/t23-,25+,26-,27+,28-,29-,30-,31-,34-,35+/m0/s1. The summed E-state index contributed by atoms with van der Waals surface area (Å²) in [5.41, 5.74) is 7.33. The second kappa shape index (κ2) is 11.9. The summed E-state index contributed by atoms with van der Waals surface area (Å²) in [4.78, 5) is 38.9. The average molecular weight is 581 g/mol. The molecular formula is C35H52N2O5. The number of ether oxygens (including phenoxy) is 1. The third kappa shape index (κ3) is 5.75. The number of ketones is 1. The van der Waals surface area contributed by atoms with Crippen LogP contribution in [0.5, 0.6) is 5.75 Å². The third-order valence-electron chi connectivity index (χ3n) is 12.4. The molecule has 0 unspecified atom stereocenters. The van der Waals surface area contributed by atoms with Crippen molar-refractivity contribution < 1.29 is 24.2 Å². The lowest BCUT2D eigenvalue weighted by Crippen LogP contribution is -2.55. The highest BCUT2D eigenvalue weighted by Gasteiger charge is 2.61. The van der Waals surface area contributed by atoms with Crippen LogP contribution in [0.4, 0.5) is 0 Å². The van der Waals surface area contributed by atoms with Crippen LogP contribution in [-0.4, -0.2) is 41.0 Å². The quantitative estimate of drug-likeness (QED) is 0.346. The van der Waals surface area contributed by atoms with Crippen LogP contribution in [0.3, 0.4) is 0 Å².